The maximum absolute atomic E-state index is 9.69. The van der Waals surface area contributed by atoms with Crippen LogP contribution in [0.1, 0.15) is 5.56 Å². The van der Waals surface area contributed by atoms with Gasteiger partial charge in [0, 0.05) is 0 Å². The van der Waals surface area contributed by atoms with Crippen molar-refractivity contribution in [2.24, 2.45) is 4.99 Å². The Morgan fingerprint density at radius 3 is 2.38 bits per heavy atom. The zero-order chi connectivity index (χ0) is 9.94. The van der Waals surface area contributed by atoms with Gasteiger partial charge in [-0.15, -0.1) is 0 Å². The van der Waals surface area contributed by atoms with Gasteiger partial charge in [-0.2, -0.15) is 0 Å². The first-order chi connectivity index (χ1) is 6.35. The molecule has 0 saturated carbocycles. The van der Waals surface area contributed by atoms with E-state index >= 15 is 0 Å². The molecule has 68 valence electrons. The molecule has 1 rings (SSSR count). The molecule has 0 fully saturated rings. The van der Waals surface area contributed by atoms with Crippen molar-refractivity contribution in [3.63, 3.8) is 0 Å². The topological polar surface area (TPSA) is 66.7 Å². The van der Waals surface area contributed by atoms with Crippen LogP contribution in [-0.4, -0.2) is 17.7 Å². The second-order valence-electron chi connectivity index (χ2n) is 2.00. The molecule has 0 spiro atoms. The molecule has 0 heterocycles. The Labute approximate surface area is 75.5 Å². The normalized spacial score (nSPS) is 7.38. The maximum Gasteiger partial charge on any atom is 0.290 e. The molecule has 0 aliphatic heterocycles. The van der Waals surface area contributed by atoms with Crippen LogP contribution < -0.4 is 0 Å². The molecule has 0 bridgehead atoms. The molecule has 13 heavy (non-hydrogen) atoms. The van der Waals surface area contributed by atoms with Gasteiger partial charge < -0.3 is 5.11 Å². The fraction of sp³-hybridized carbons (Fsp3) is 0.111. The van der Waals surface area contributed by atoms with Crippen LogP contribution in [0.25, 0.3) is 0 Å². The number of benzene rings is 1. The third-order valence-corrected chi connectivity index (χ3v) is 1.17. The molecule has 0 saturated heterocycles. The van der Waals surface area contributed by atoms with Gasteiger partial charge in [-0.25, -0.2) is 9.79 Å². The average Bonchev–Trinajstić information content (AvgIpc) is 2.18. The first-order valence-corrected chi connectivity index (χ1v) is 3.50. The van der Waals surface area contributed by atoms with Crippen LogP contribution in [-0.2, 0) is 16.1 Å². The van der Waals surface area contributed by atoms with E-state index < -0.39 is 0 Å². The van der Waals surface area contributed by atoms with Crippen molar-refractivity contribution in [1.29, 1.82) is 0 Å². The van der Waals surface area contributed by atoms with Crippen molar-refractivity contribution < 1.29 is 14.7 Å². The zero-order valence-electron chi connectivity index (χ0n) is 6.88. The number of isocyanates is 1. The van der Waals surface area contributed by atoms with E-state index in [-0.39, 0.29) is 6.47 Å². The van der Waals surface area contributed by atoms with E-state index in [0.717, 1.165) is 5.56 Å². The van der Waals surface area contributed by atoms with Gasteiger partial charge in [-0.05, 0) is 5.56 Å². The van der Waals surface area contributed by atoms with Gasteiger partial charge in [-0.3, -0.25) is 4.79 Å². The molecule has 1 aromatic rings. The highest BCUT2D eigenvalue weighted by Crippen LogP contribution is 1.98. The minimum atomic E-state index is -0.250. The quantitative estimate of drug-likeness (QED) is 0.421. The molecule has 0 amide bonds. The predicted molar refractivity (Wildman–Crippen MR) is 47.0 cm³/mol. The van der Waals surface area contributed by atoms with Crippen molar-refractivity contribution in [2.75, 3.05) is 0 Å². The van der Waals surface area contributed by atoms with Gasteiger partial charge in [0.25, 0.3) is 6.47 Å². The van der Waals surface area contributed by atoms with E-state index in [4.69, 9.17) is 9.90 Å². The fourth-order valence-electron chi connectivity index (χ4n) is 0.707. The Morgan fingerprint density at radius 2 is 1.92 bits per heavy atom. The van der Waals surface area contributed by atoms with E-state index in [1.54, 1.807) is 0 Å². The minimum Gasteiger partial charge on any atom is -0.483 e. The Balaban J connectivity index is 0.000000424. The summed E-state index contributed by atoms with van der Waals surface area (Å²) in [4.78, 5) is 21.5. The van der Waals surface area contributed by atoms with Gasteiger partial charge in [0.05, 0.1) is 6.54 Å². The number of carboxylic acid groups (broad SMARTS) is 1. The summed E-state index contributed by atoms with van der Waals surface area (Å²) in [5.74, 6) is 0. The lowest BCUT2D eigenvalue weighted by Gasteiger charge is -1.89. The summed E-state index contributed by atoms with van der Waals surface area (Å²) in [7, 11) is 0. The molecular formula is C9H9NO3. The van der Waals surface area contributed by atoms with Crippen molar-refractivity contribution in [3.05, 3.63) is 35.9 Å². The van der Waals surface area contributed by atoms with Gasteiger partial charge >= 0.3 is 0 Å². The Morgan fingerprint density at radius 1 is 1.38 bits per heavy atom. The maximum atomic E-state index is 9.69. The van der Waals surface area contributed by atoms with E-state index in [2.05, 4.69) is 4.99 Å². The molecule has 4 nitrogen and oxygen atoms in total. The van der Waals surface area contributed by atoms with Crippen LogP contribution >= 0.6 is 0 Å². The Bertz CT molecular complexity index is 278. The number of hydrogen-bond donors (Lipinski definition) is 1. The smallest absolute Gasteiger partial charge is 0.290 e. The largest absolute Gasteiger partial charge is 0.483 e. The first-order valence-electron chi connectivity index (χ1n) is 3.50. The Kier molecular flexibility index (Phi) is 6.96. The number of carbonyl (C=O) groups is 1. The SMILES string of the molecule is O=C=NCc1ccccc1.O=CO. The second-order valence-corrected chi connectivity index (χ2v) is 2.00. The highest BCUT2D eigenvalue weighted by Gasteiger charge is 1.84. The minimum absolute atomic E-state index is 0.250. The van der Waals surface area contributed by atoms with Crippen molar-refractivity contribution >= 4 is 12.6 Å². The molecule has 0 aliphatic rings. The summed E-state index contributed by atoms with van der Waals surface area (Å²) in [6.07, 6.45) is 1.49. The lowest BCUT2D eigenvalue weighted by atomic mass is 10.2. The molecule has 4 heteroatoms. The van der Waals surface area contributed by atoms with E-state index in [1.165, 1.54) is 6.08 Å². The van der Waals surface area contributed by atoms with Crippen molar-refractivity contribution in [3.8, 4) is 0 Å². The zero-order valence-corrected chi connectivity index (χ0v) is 6.88. The monoisotopic (exact) mass is 179 g/mol. The third kappa shape index (κ3) is 6.47. The summed E-state index contributed by atoms with van der Waals surface area (Å²) in [5, 5.41) is 6.89. The Hall–Kier alpha value is -1.93. The van der Waals surface area contributed by atoms with E-state index in [1.807, 2.05) is 30.3 Å². The van der Waals surface area contributed by atoms with Gasteiger partial charge in [-0.1, -0.05) is 30.3 Å². The number of aliphatic imine (C=N–C) groups is 1. The predicted octanol–water partition coefficient (Wildman–Crippen LogP) is 1.22. The van der Waals surface area contributed by atoms with E-state index in [9.17, 15) is 4.79 Å². The van der Waals surface area contributed by atoms with Crippen LogP contribution in [0.15, 0.2) is 35.3 Å². The summed E-state index contributed by atoms with van der Waals surface area (Å²) in [6.45, 7) is 0.185. The number of hydrogen-bond acceptors (Lipinski definition) is 3. The van der Waals surface area contributed by atoms with Crippen molar-refractivity contribution in [1.82, 2.24) is 0 Å². The molecule has 1 N–H and O–H groups in total. The lowest BCUT2D eigenvalue weighted by Crippen LogP contribution is -1.77. The first kappa shape index (κ1) is 11.1. The standard InChI is InChI=1S/C8H7NO.CH2O2/c10-7-9-6-8-4-2-1-3-5-8;2-1-3/h1-5H,6H2;1H,(H,2,3). The summed E-state index contributed by atoms with van der Waals surface area (Å²) in [6, 6.07) is 9.58. The molecule has 0 aromatic heterocycles. The number of rotatable bonds is 2. The summed E-state index contributed by atoms with van der Waals surface area (Å²) < 4.78 is 0. The average molecular weight is 179 g/mol. The fourth-order valence-corrected chi connectivity index (χ4v) is 0.707. The molecule has 1 aromatic carbocycles. The number of nitrogens with zero attached hydrogens (tertiary/aromatic N) is 1. The third-order valence-electron chi connectivity index (χ3n) is 1.17. The van der Waals surface area contributed by atoms with Gasteiger partial charge in [0.15, 0.2) is 0 Å². The molecule has 0 atom stereocenters. The van der Waals surface area contributed by atoms with Crippen LogP contribution in [0.4, 0.5) is 0 Å². The molecule has 0 aliphatic carbocycles. The van der Waals surface area contributed by atoms with Crippen molar-refractivity contribution in [2.45, 2.75) is 6.54 Å². The lowest BCUT2D eigenvalue weighted by molar-refractivity contribution is -0.122. The molecule has 0 radical (unpaired) electrons. The van der Waals surface area contributed by atoms with Gasteiger partial charge in [0.1, 0.15) is 0 Å². The van der Waals surface area contributed by atoms with Crippen LogP contribution in [0.3, 0.4) is 0 Å². The second kappa shape index (κ2) is 8.17. The molecular weight excluding hydrogens is 170 g/mol. The summed E-state index contributed by atoms with van der Waals surface area (Å²) in [5.41, 5.74) is 1.03. The number of carbonyl (C=O) groups excluding carboxylic acids is 1. The van der Waals surface area contributed by atoms with Crippen LogP contribution in [0.5, 0.6) is 0 Å². The van der Waals surface area contributed by atoms with Crippen LogP contribution in [0, 0.1) is 0 Å². The molecule has 0 unspecified atom stereocenters. The summed E-state index contributed by atoms with van der Waals surface area (Å²) >= 11 is 0. The highest BCUT2D eigenvalue weighted by atomic mass is 16.3. The van der Waals surface area contributed by atoms with Crippen LogP contribution in [0.2, 0.25) is 0 Å². The van der Waals surface area contributed by atoms with E-state index in [0.29, 0.717) is 6.54 Å². The van der Waals surface area contributed by atoms with Gasteiger partial charge in [0.2, 0.25) is 6.08 Å². The highest BCUT2D eigenvalue weighted by molar-refractivity contribution is 5.33.